The molecule has 1 N–H and O–H groups in total. The zero-order valence-corrected chi connectivity index (χ0v) is 16.8. The first-order valence-electron chi connectivity index (χ1n) is 8.85. The van der Waals surface area contributed by atoms with Crippen molar-refractivity contribution < 1.29 is 14.3 Å². The third kappa shape index (κ3) is 4.97. The van der Waals surface area contributed by atoms with Crippen molar-refractivity contribution in [1.82, 2.24) is 20.2 Å². The molecule has 3 aromatic rings. The highest BCUT2D eigenvalue weighted by Crippen LogP contribution is 2.25. The average molecular weight is 433 g/mol. The van der Waals surface area contributed by atoms with E-state index in [0.717, 1.165) is 16.9 Å². The summed E-state index contributed by atoms with van der Waals surface area (Å²) in [7, 11) is 0. The van der Waals surface area contributed by atoms with E-state index in [0.29, 0.717) is 53.2 Å². The summed E-state index contributed by atoms with van der Waals surface area (Å²) < 4.78 is 11.0. The van der Waals surface area contributed by atoms with Crippen LogP contribution in [-0.2, 0) is 11.3 Å². The number of rotatable bonds is 6. The fourth-order valence-corrected chi connectivity index (χ4v) is 3.42. The first kappa shape index (κ1) is 19.5. The molecule has 3 aromatic heterocycles. The van der Waals surface area contributed by atoms with Crippen LogP contribution in [0.25, 0.3) is 0 Å². The molecule has 0 saturated carbocycles. The van der Waals surface area contributed by atoms with Gasteiger partial charge in [-0.05, 0) is 29.5 Å². The number of aromatic nitrogens is 4. The van der Waals surface area contributed by atoms with Crippen molar-refractivity contribution in [2.75, 3.05) is 36.5 Å². The van der Waals surface area contributed by atoms with Gasteiger partial charge in [-0.25, -0.2) is 9.97 Å². The largest absolute Gasteiger partial charge is 0.464 e. The number of pyridine rings is 2. The van der Waals surface area contributed by atoms with Gasteiger partial charge in [0.15, 0.2) is 0 Å². The number of carbonyl (C=O) groups is 1. The third-order valence-corrected chi connectivity index (χ3v) is 5.09. The fourth-order valence-electron chi connectivity index (χ4n) is 2.72. The van der Waals surface area contributed by atoms with E-state index >= 15 is 0 Å². The molecule has 1 aliphatic rings. The molecular weight excluding hydrogens is 416 g/mol. The summed E-state index contributed by atoms with van der Waals surface area (Å²) in [5.41, 5.74) is 1.32. The zero-order valence-electron chi connectivity index (χ0n) is 15.2. The molecule has 11 heteroatoms. The Balaban J connectivity index is 1.40. The summed E-state index contributed by atoms with van der Waals surface area (Å²) in [5.74, 6) is 0.328. The van der Waals surface area contributed by atoms with Crippen LogP contribution < -0.4 is 15.0 Å². The maximum atomic E-state index is 12.8. The molecule has 0 bridgehead atoms. The molecule has 29 heavy (non-hydrogen) atoms. The van der Waals surface area contributed by atoms with Crippen LogP contribution in [0.2, 0.25) is 5.15 Å². The highest BCUT2D eigenvalue weighted by Gasteiger charge is 2.21. The molecular formula is C18H17ClN6O3S. The van der Waals surface area contributed by atoms with E-state index < -0.39 is 0 Å². The number of anilines is 2. The standard InChI is InChI=1S/C18H17ClN6O3S/c19-14-4-3-12(10-21-14)11-28-18-24-23-17(29-18)22-16(26)13-2-1-5-20-15(13)25-6-8-27-9-7-25/h1-5,10H,6-9,11H2,(H,22,23,26). The number of nitrogens with zero attached hydrogens (tertiary/aromatic N) is 5. The second-order valence-corrected chi connectivity index (χ2v) is 7.41. The lowest BCUT2D eigenvalue weighted by Gasteiger charge is -2.28. The predicted octanol–water partition coefficient (Wildman–Crippen LogP) is 2.65. The number of halogens is 1. The number of ether oxygens (including phenoxy) is 2. The average Bonchev–Trinajstić information content (AvgIpc) is 3.21. The van der Waals surface area contributed by atoms with Crippen molar-refractivity contribution in [1.29, 1.82) is 0 Å². The summed E-state index contributed by atoms with van der Waals surface area (Å²) in [6.45, 7) is 2.87. The Bertz CT molecular complexity index is 978. The molecule has 4 heterocycles. The maximum absolute atomic E-state index is 12.8. The van der Waals surface area contributed by atoms with Crippen LogP contribution in [-0.4, -0.2) is 52.4 Å². The zero-order chi connectivity index (χ0) is 20.1. The monoisotopic (exact) mass is 432 g/mol. The maximum Gasteiger partial charge on any atom is 0.296 e. The minimum atomic E-state index is -0.302. The van der Waals surface area contributed by atoms with Crippen molar-refractivity contribution in [2.45, 2.75) is 6.61 Å². The van der Waals surface area contributed by atoms with Crippen molar-refractivity contribution in [3.05, 3.63) is 52.9 Å². The molecule has 150 valence electrons. The second-order valence-electron chi connectivity index (χ2n) is 6.08. The van der Waals surface area contributed by atoms with Gasteiger partial charge >= 0.3 is 0 Å². The molecule has 1 aliphatic heterocycles. The third-order valence-electron chi connectivity index (χ3n) is 4.12. The SMILES string of the molecule is O=C(Nc1nnc(OCc2ccc(Cl)nc2)s1)c1cccnc1N1CCOCC1. The molecule has 9 nitrogen and oxygen atoms in total. The van der Waals surface area contributed by atoms with E-state index in [4.69, 9.17) is 21.1 Å². The molecule has 1 fully saturated rings. The lowest BCUT2D eigenvalue weighted by atomic mass is 10.2. The predicted molar refractivity (Wildman–Crippen MR) is 109 cm³/mol. The van der Waals surface area contributed by atoms with Crippen LogP contribution in [0.1, 0.15) is 15.9 Å². The number of hydrogen-bond donors (Lipinski definition) is 1. The quantitative estimate of drug-likeness (QED) is 0.593. The normalized spacial score (nSPS) is 13.9. The summed E-state index contributed by atoms with van der Waals surface area (Å²) in [5, 5.41) is 11.8. The van der Waals surface area contributed by atoms with Gasteiger partial charge in [-0.1, -0.05) is 22.8 Å². The van der Waals surface area contributed by atoms with Gasteiger partial charge in [-0.15, -0.1) is 5.10 Å². The second kappa shape index (κ2) is 9.12. The fraction of sp³-hybridized carbons (Fsp3) is 0.278. The van der Waals surface area contributed by atoms with Gasteiger partial charge in [0.2, 0.25) is 5.13 Å². The van der Waals surface area contributed by atoms with Gasteiger partial charge in [0, 0.05) is 31.0 Å². The molecule has 1 saturated heterocycles. The Morgan fingerprint density at radius 2 is 2.10 bits per heavy atom. The van der Waals surface area contributed by atoms with Gasteiger partial charge < -0.3 is 14.4 Å². The Morgan fingerprint density at radius 3 is 2.90 bits per heavy atom. The highest BCUT2D eigenvalue weighted by atomic mass is 35.5. The van der Waals surface area contributed by atoms with E-state index in [2.05, 4.69) is 25.5 Å². The summed E-state index contributed by atoms with van der Waals surface area (Å²) in [6.07, 6.45) is 3.30. The highest BCUT2D eigenvalue weighted by molar-refractivity contribution is 7.17. The topological polar surface area (TPSA) is 102 Å². The van der Waals surface area contributed by atoms with E-state index in [-0.39, 0.29) is 12.5 Å². The molecule has 1 amide bonds. The van der Waals surface area contributed by atoms with E-state index in [1.807, 2.05) is 11.0 Å². The van der Waals surface area contributed by atoms with E-state index in [1.165, 1.54) is 0 Å². The first-order valence-corrected chi connectivity index (χ1v) is 10.0. The Kier molecular flexibility index (Phi) is 6.13. The van der Waals surface area contributed by atoms with Crippen LogP contribution in [0.5, 0.6) is 5.19 Å². The van der Waals surface area contributed by atoms with Crippen molar-refractivity contribution in [2.24, 2.45) is 0 Å². The summed E-state index contributed by atoms with van der Waals surface area (Å²) in [4.78, 5) is 23.2. The number of hydrogen-bond acceptors (Lipinski definition) is 9. The minimum Gasteiger partial charge on any atom is -0.464 e. The van der Waals surface area contributed by atoms with Crippen LogP contribution >= 0.6 is 22.9 Å². The van der Waals surface area contributed by atoms with Crippen LogP contribution in [0.4, 0.5) is 10.9 Å². The molecule has 4 rings (SSSR count). The molecule has 0 atom stereocenters. The lowest BCUT2D eigenvalue weighted by molar-refractivity contribution is 0.102. The summed E-state index contributed by atoms with van der Waals surface area (Å²) in [6, 6.07) is 6.97. The van der Waals surface area contributed by atoms with Crippen LogP contribution in [0, 0.1) is 0 Å². The number of carbonyl (C=O) groups excluding carboxylic acids is 1. The van der Waals surface area contributed by atoms with Gasteiger partial charge in [0.1, 0.15) is 17.6 Å². The van der Waals surface area contributed by atoms with Crippen LogP contribution in [0.15, 0.2) is 36.7 Å². The molecule has 0 aliphatic carbocycles. The van der Waals surface area contributed by atoms with Gasteiger partial charge in [0.05, 0.1) is 18.8 Å². The molecule has 0 radical (unpaired) electrons. The number of amides is 1. The Labute approximate surface area is 175 Å². The Morgan fingerprint density at radius 1 is 1.24 bits per heavy atom. The van der Waals surface area contributed by atoms with Gasteiger partial charge in [-0.2, -0.15) is 0 Å². The summed E-state index contributed by atoms with van der Waals surface area (Å²) >= 11 is 6.91. The van der Waals surface area contributed by atoms with E-state index in [1.54, 1.807) is 30.6 Å². The molecule has 0 spiro atoms. The first-order chi connectivity index (χ1) is 14.2. The Hall–Kier alpha value is -2.82. The van der Waals surface area contributed by atoms with Crippen molar-refractivity contribution >= 4 is 39.8 Å². The lowest BCUT2D eigenvalue weighted by Crippen LogP contribution is -2.38. The van der Waals surface area contributed by atoms with Crippen LogP contribution in [0.3, 0.4) is 0 Å². The van der Waals surface area contributed by atoms with Gasteiger partial charge in [-0.3, -0.25) is 10.1 Å². The smallest absolute Gasteiger partial charge is 0.296 e. The number of nitrogens with one attached hydrogen (secondary N) is 1. The molecule has 0 unspecified atom stereocenters. The van der Waals surface area contributed by atoms with Crippen molar-refractivity contribution in [3.63, 3.8) is 0 Å². The van der Waals surface area contributed by atoms with E-state index in [9.17, 15) is 4.79 Å². The minimum absolute atomic E-state index is 0.274. The number of morpholine rings is 1. The van der Waals surface area contributed by atoms with Gasteiger partial charge in [0.25, 0.3) is 11.1 Å². The molecule has 0 aromatic carbocycles. The van der Waals surface area contributed by atoms with Crippen molar-refractivity contribution in [3.8, 4) is 5.19 Å².